The zero-order valence-corrected chi connectivity index (χ0v) is 10.8. The minimum atomic E-state index is 0.487. The van der Waals surface area contributed by atoms with E-state index in [1.807, 2.05) is 6.26 Å². The van der Waals surface area contributed by atoms with Crippen molar-refractivity contribution in [2.45, 2.75) is 25.4 Å². The number of thioether (sulfide) groups is 1. The fourth-order valence-corrected chi connectivity index (χ4v) is 1.61. The first-order chi connectivity index (χ1) is 7.15. The molecule has 0 aromatic carbocycles. The number of anilines is 1. The maximum atomic E-state index is 5.87. The molecule has 0 amide bonds. The third-order valence-electron chi connectivity index (χ3n) is 2.19. The van der Waals surface area contributed by atoms with Crippen molar-refractivity contribution < 1.29 is 0 Å². The third-order valence-corrected chi connectivity index (χ3v) is 2.93. The van der Waals surface area contributed by atoms with Gasteiger partial charge in [-0.1, -0.05) is 43.6 Å². The third kappa shape index (κ3) is 4.26. The molecule has 1 rings (SSSR count). The Morgan fingerprint density at radius 2 is 2.27 bits per heavy atom. The Labute approximate surface area is 100 Å². The number of nitrogens with one attached hydrogen (secondary N) is 1. The highest BCUT2D eigenvalue weighted by molar-refractivity contribution is 7.98. The second-order valence-electron chi connectivity index (χ2n) is 3.46. The Morgan fingerprint density at radius 3 is 2.87 bits per heavy atom. The lowest BCUT2D eigenvalue weighted by atomic mass is 10.1. The summed E-state index contributed by atoms with van der Waals surface area (Å²) in [5.74, 6) is 1.44. The van der Waals surface area contributed by atoms with Crippen molar-refractivity contribution in [3.63, 3.8) is 0 Å². The van der Waals surface area contributed by atoms with Crippen LogP contribution in [0.4, 0.5) is 5.82 Å². The lowest BCUT2D eigenvalue weighted by Gasteiger charge is -2.11. The minimum absolute atomic E-state index is 0.487. The fraction of sp³-hybridized carbons (Fsp3) is 0.600. The average Bonchev–Trinajstić information content (AvgIpc) is 2.25. The molecule has 0 spiro atoms. The first-order valence-electron chi connectivity index (χ1n) is 4.98. The molecule has 1 N–H and O–H groups in total. The second kappa shape index (κ2) is 6.18. The van der Waals surface area contributed by atoms with E-state index in [1.54, 1.807) is 6.07 Å². The van der Waals surface area contributed by atoms with Gasteiger partial charge in [0.25, 0.3) is 0 Å². The molecule has 0 saturated heterocycles. The van der Waals surface area contributed by atoms with E-state index in [1.165, 1.54) is 11.8 Å². The summed E-state index contributed by atoms with van der Waals surface area (Å²) in [6.07, 6.45) is 3.09. The Morgan fingerprint density at radius 1 is 1.53 bits per heavy atom. The van der Waals surface area contributed by atoms with Crippen molar-refractivity contribution in [3.8, 4) is 0 Å². The largest absolute Gasteiger partial charge is 0.370 e. The van der Waals surface area contributed by atoms with Gasteiger partial charge in [-0.05, 0) is 12.2 Å². The summed E-state index contributed by atoms with van der Waals surface area (Å²) in [7, 11) is 0. The molecule has 1 heterocycles. The van der Waals surface area contributed by atoms with Crippen LogP contribution < -0.4 is 5.32 Å². The second-order valence-corrected chi connectivity index (χ2v) is 4.62. The van der Waals surface area contributed by atoms with Gasteiger partial charge in [-0.3, -0.25) is 0 Å². The summed E-state index contributed by atoms with van der Waals surface area (Å²) >= 11 is 7.36. The van der Waals surface area contributed by atoms with Gasteiger partial charge in [-0.15, -0.1) is 0 Å². The molecule has 1 aromatic heterocycles. The van der Waals surface area contributed by atoms with E-state index in [4.69, 9.17) is 11.6 Å². The van der Waals surface area contributed by atoms with Gasteiger partial charge in [0.15, 0.2) is 5.16 Å². The van der Waals surface area contributed by atoms with Gasteiger partial charge < -0.3 is 5.32 Å². The quantitative estimate of drug-likeness (QED) is 0.491. The van der Waals surface area contributed by atoms with Crippen LogP contribution >= 0.6 is 23.4 Å². The Bertz CT molecular complexity index is 320. The van der Waals surface area contributed by atoms with Crippen LogP contribution in [-0.2, 0) is 0 Å². The SMILES string of the molecule is CCC(C)CNc1cc(Cl)nc(SC)n1. The summed E-state index contributed by atoms with van der Waals surface area (Å²) in [6, 6.07) is 1.75. The molecule has 1 aromatic rings. The highest BCUT2D eigenvalue weighted by Crippen LogP contribution is 2.17. The van der Waals surface area contributed by atoms with Crippen LogP contribution in [0.3, 0.4) is 0 Å². The van der Waals surface area contributed by atoms with E-state index in [-0.39, 0.29) is 0 Å². The first-order valence-corrected chi connectivity index (χ1v) is 6.58. The molecule has 0 bridgehead atoms. The first kappa shape index (κ1) is 12.6. The molecule has 0 saturated carbocycles. The highest BCUT2D eigenvalue weighted by Gasteiger charge is 2.03. The summed E-state index contributed by atoms with van der Waals surface area (Å²) < 4.78 is 0. The highest BCUT2D eigenvalue weighted by atomic mass is 35.5. The molecular weight excluding hydrogens is 230 g/mol. The molecule has 0 radical (unpaired) electrons. The van der Waals surface area contributed by atoms with Crippen LogP contribution in [0.15, 0.2) is 11.2 Å². The molecule has 84 valence electrons. The van der Waals surface area contributed by atoms with Gasteiger partial charge in [0.2, 0.25) is 0 Å². The molecule has 3 nitrogen and oxygen atoms in total. The van der Waals surface area contributed by atoms with E-state index in [0.717, 1.165) is 18.8 Å². The fourth-order valence-electron chi connectivity index (χ4n) is 1.00. The predicted octanol–water partition coefficient (Wildman–Crippen LogP) is 3.31. The monoisotopic (exact) mass is 245 g/mol. The molecule has 5 heteroatoms. The normalized spacial score (nSPS) is 12.5. The van der Waals surface area contributed by atoms with Crippen LogP contribution in [-0.4, -0.2) is 22.8 Å². The van der Waals surface area contributed by atoms with Gasteiger partial charge in [0.05, 0.1) is 0 Å². The van der Waals surface area contributed by atoms with Gasteiger partial charge in [-0.2, -0.15) is 0 Å². The predicted molar refractivity (Wildman–Crippen MR) is 66.8 cm³/mol. The van der Waals surface area contributed by atoms with Crippen LogP contribution in [0.2, 0.25) is 5.15 Å². The molecule has 0 fully saturated rings. The zero-order valence-electron chi connectivity index (χ0n) is 9.25. The summed E-state index contributed by atoms with van der Waals surface area (Å²) in [5, 5.41) is 4.45. The number of aromatic nitrogens is 2. The van der Waals surface area contributed by atoms with Crippen LogP contribution in [0, 0.1) is 5.92 Å². The zero-order chi connectivity index (χ0) is 11.3. The van der Waals surface area contributed by atoms with E-state index < -0.39 is 0 Å². The van der Waals surface area contributed by atoms with Gasteiger partial charge in [0, 0.05) is 12.6 Å². The maximum Gasteiger partial charge on any atom is 0.190 e. The van der Waals surface area contributed by atoms with Crippen LogP contribution in [0.5, 0.6) is 0 Å². The molecule has 0 aliphatic carbocycles. The van der Waals surface area contributed by atoms with Crippen molar-refractivity contribution in [3.05, 3.63) is 11.2 Å². The van der Waals surface area contributed by atoms with Gasteiger partial charge in [0.1, 0.15) is 11.0 Å². The summed E-state index contributed by atoms with van der Waals surface area (Å²) in [5.41, 5.74) is 0. The van der Waals surface area contributed by atoms with Crippen molar-refractivity contribution >= 4 is 29.2 Å². The average molecular weight is 246 g/mol. The van der Waals surface area contributed by atoms with E-state index >= 15 is 0 Å². The van der Waals surface area contributed by atoms with Crippen LogP contribution in [0.1, 0.15) is 20.3 Å². The number of rotatable bonds is 5. The molecule has 0 aliphatic heterocycles. The Hall–Kier alpha value is -0.480. The lowest BCUT2D eigenvalue weighted by Crippen LogP contribution is -2.11. The summed E-state index contributed by atoms with van der Waals surface area (Å²) in [6.45, 7) is 5.29. The van der Waals surface area contributed by atoms with Gasteiger partial charge >= 0.3 is 0 Å². The molecular formula is C10H16ClN3S. The van der Waals surface area contributed by atoms with Crippen molar-refractivity contribution in [1.29, 1.82) is 0 Å². The van der Waals surface area contributed by atoms with E-state index in [0.29, 0.717) is 16.2 Å². The standard InChI is InChI=1S/C10H16ClN3S/c1-4-7(2)6-12-9-5-8(11)13-10(14-9)15-3/h5,7H,4,6H2,1-3H3,(H,12,13,14). The van der Waals surface area contributed by atoms with Crippen molar-refractivity contribution in [2.75, 3.05) is 18.1 Å². The van der Waals surface area contributed by atoms with Gasteiger partial charge in [-0.25, -0.2) is 9.97 Å². The number of nitrogens with zero attached hydrogens (tertiary/aromatic N) is 2. The summed E-state index contributed by atoms with van der Waals surface area (Å²) in [4.78, 5) is 8.39. The number of halogens is 1. The van der Waals surface area contributed by atoms with Crippen LogP contribution in [0.25, 0.3) is 0 Å². The molecule has 0 aliphatic rings. The Kier molecular flexibility index (Phi) is 5.19. The lowest BCUT2D eigenvalue weighted by molar-refractivity contribution is 0.592. The smallest absolute Gasteiger partial charge is 0.190 e. The molecule has 1 unspecified atom stereocenters. The Balaban J connectivity index is 2.64. The van der Waals surface area contributed by atoms with Crippen molar-refractivity contribution in [2.24, 2.45) is 5.92 Å². The maximum absolute atomic E-state index is 5.87. The number of hydrogen-bond acceptors (Lipinski definition) is 4. The minimum Gasteiger partial charge on any atom is -0.370 e. The van der Waals surface area contributed by atoms with Crippen molar-refractivity contribution in [1.82, 2.24) is 9.97 Å². The van der Waals surface area contributed by atoms with E-state index in [9.17, 15) is 0 Å². The van der Waals surface area contributed by atoms with E-state index in [2.05, 4.69) is 29.1 Å². The topological polar surface area (TPSA) is 37.8 Å². The molecule has 15 heavy (non-hydrogen) atoms. The molecule has 1 atom stereocenters. The number of hydrogen-bond donors (Lipinski definition) is 1.